The van der Waals surface area contributed by atoms with E-state index in [0.29, 0.717) is 6.42 Å². The van der Waals surface area contributed by atoms with Crippen LogP contribution in [0.4, 0.5) is 0 Å². The van der Waals surface area contributed by atoms with E-state index in [1.165, 1.54) is 0 Å². The van der Waals surface area contributed by atoms with Gasteiger partial charge in [-0.3, -0.25) is 9.78 Å². The Balaban J connectivity index is 2.12. The first-order valence-corrected chi connectivity index (χ1v) is 6.03. The van der Waals surface area contributed by atoms with Crippen molar-refractivity contribution in [1.82, 2.24) is 9.88 Å². The van der Waals surface area contributed by atoms with Crippen LogP contribution in [0.5, 0.6) is 0 Å². The van der Waals surface area contributed by atoms with Crippen molar-refractivity contribution in [3.05, 3.63) is 30.1 Å². The van der Waals surface area contributed by atoms with Gasteiger partial charge in [0.25, 0.3) is 0 Å². The summed E-state index contributed by atoms with van der Waals surface area (Å²) in [6.45, 7) is 2.93. The van der Waals surface area contributed by atoms with Crippen molar-refractivity contribution in [1.29, 1.82) is 0 Å². The average molecular weight is 218 g/mol. The van der Waals surface area contributed by atoms with Crippen molar-refractivity contribution in [3.8, 4) is 0 Å². The minimum Gasteiger partial charge on any atom is -0.334 e. The number of aromatic nitrogens is 1. The summed E-state index contributed by atoms with van der Waals surface area (Å²) in [4.78, 5) is 18.3. The van der Waals surface area contributed by atoms with Crippen molar-refractivity contribution < 1.29 is 4.79 Å². The molecule has 0 saturated carbocycles. The predicted octanol–water partition coefficient (Wildman–Crippen LogP) is 2.55. The summed E-state index contributed by atoms with van der Waals surface area (Å²) >= 11 is 0. The number of likely N-dealkylation sites (tertiary alicyclic amines) is 1. The zero-order chi connectivity index (χ0) is 11.4. The molecule has 0 aliphatic carbocycles. The van der Waals surface area contributed by atoms with Gasteiger partial charge in [0.05, 0.1) is 11.7 Å². The van der Waals surface area contributed by atoms with Crippen LogP contribution in [-0.4, -0.2) is 22.3 Å². The predicted molar refractivity (Wildman–Crippen MR) is 62.8 cm³/mol. The molecule has 0 radical (unpaired) electrons. The molecule has 1 aromatic heterocycles. The summed E-state index contributed by atoms with van der Waals surface area (Å²) in [5, 5.41) is 0. The molecule has 0 aromatic carbocycles. The largest absolute Gasteiger partial charge is 0.334 e. The normalized spacial score (nSPS) is 20.1. The number of carbonyl (C=O) groups is 1. The maximum Gasteiger partial charge on any atom is 0.223 e. The van der Waals surface area contributed by atoms with Crippen LogP contribution < -0.4 is 0 Å². The summed E-state index contributed by atoms with van der Waals surface area (Å²) in [5.41, 5.74) is 1.03. The van der Waals surface area contributed by atoms with Gasteiger partial charge in [0.15, 0.2) is 0 Å². The Bertz CT molecular complexity index is 350. The van der Waals surface area contributed by atoms with Gasteiger partial charge in [0.1, 0.15) is 0 Å². The van der Waals surface area contributed by atoms with Gasteiger partial charge in [-0.25, -0.2) is 0 Å². The highest BCUT2D eigenvalue weighted by Crippen LogP contribution is 2.31. The van der Waals surface area contributed by atoms with Gasteiger partial charge >= 0.3 is 0 Å². The maximum atomic E-state index is 11.9. The van der Waals surface area contributed by atoms with Crippen molar-refractivity contribution in [2.45, 2.75) is 38.6 Å². The Labute approximate surface area is 96.5 Å². The first kappa shape index (κ1) is 11.1. The molecule has 1 amide bonds. The highest BCUT2D eigenvalue weighted by molar-refractivity contribution is 5.76. The number of carbonyl (C=O) groups excluding carboxylic acids is 1. The third-order valence-electron chi connectivity index (χ3n) is 3.07. The maximum absolute atomic E-state index is 11.9. The minimum atomic E-state index is 0.209. The van der Waals surface area contributed by atoms with E-state index in [4.69, 9.17) is 0 Å². The molecule has 2 heterocycles. The summed E-state index contributed by atoms with van der Waals surface area (Å²) < 4.78 is 0. The van der Waals surface area contributed by atoms with E-state index in [-0.39, 0.29) is 11.9 Å². The molecule has 1 fully saturated rings. The van der Waals surface area contributed by atoms with Crippen LogP contribution in [0, 0.1) is 0 Å². The van der Waals surface area contributed by atoms with Gasteiger partial charge in [-0.15, -0.1) is 0 Å². The quantitative estimate of drug-likeness (QED) is 0.781. The molecule has 3 heteroatoms. The molecule has 3 nitrogen and oxygen atoms in total. The molecule has 1 aliphatic rings. The summed E-state index contributed by atoms with van der Waals surface area (Å²) in [6, 6.07) is 6.13. The molecule has 1 unspecified atom stereocenters. The number of hydrogen-bond acceptors (Lipinski definition) is 2. The molecule has 1 saturated heterocycles. The molecule has 1 atom stereocenters. The molecule has 1 aliphatic heterocycles. The van der Waals surface area contributed by atoms with Gasteiger partial charge in [-0.05, 0) is 31.4 Å². The Morgan fingerprint density at radius 1 is 1.56 bits per heavy atom. The molecule has 1 aromatic rings. The molecule has 0 spiro atoms. The van der Waals surface area contributed by atoms with E-state index in [2.05, 4.69) is 4.98 Å². The fraction of sp³-hybridized carbons (Fsp3) is 0.538. The molecule has 2 rings (SSSR count). The van der Waals surface area contributed by atoms with Crippen LogP contribution in [0.15, 0.2) is 24.4 Å². The summed E-state index contributed by atoms with van der Waals surface area (Å²) in [6.07, 6.45) is 5.52. The monoisotopic (exact) mass is 218 g/mol. The van der Waals surface area contributed by atoms with Gasteiger partial charge in [0.2, 0.25) is 5.91 Å². The highest BCUT2D eigenvalue weighted by Gasteiger charge is 2.29. The lowest BCUT2D eigenvalue weighted by atomic mass is 10.1. The molecular weight excluding hydrogens is 200 g/mol. The molecular formula is C13H18N2O. The van der Waals surface area contributed by atoms with E-state index in [1.807, 2.05) is 30.0 Å². The Morgan fingerprint density at radius 2 is 2.44 bits per heavy atom. The third-order valence-corrected chi connectivity index (χ3v) is 3.07. The van der Waals surface area contributed by atoms with E-state index >= 15 is 0 Å². The van der Waals surface area contributed by atoms with Crippen molar-refractivity contribution in [2.24, 2.45) is 0 Å². The lowest BCUT2D eigenvalue weighted by Gasteiger charge is -2.24. The molecule has 0 bridgehead atoms. The average Bonchev–Trinajstić information content (AvgIpc) is 2.79. The van der Waals surface area contributed by atoms with Gasteiger partial charge in [-0.1, -0.05) is 13.0 Å². The summed E-state index contributed by atoms with van der Waals surface area (Å²) in [7, 11) is 0. The second kappa shape index (κ2) is 5.10. The van der Waals surface area contributed by atoms with E-state index in [1.54, 1.807) is 6.20 Å². The number of hydrogen-bond donors (Lipinski definition) is 0. The topological polar surface area (TPSA) is 33.2 Å². The number of pyridine rings is 1. The standard InChI is InChI=1S/C13H18N2O/c1-2-6-13(16)15-10-5-8-12(15)11-7-3-4-9-14-11/h3-4,7,9,12H,2,5-6,8,10H2,1H3. The molecule has 0 N–H and O–H groups in total. The first-order chi connectivity index (χ1) is 7.83. The van der Waals surface area contributed by atoms with E-state index in [9.17, 15) is 4.79 Å². The van der Waals surface area contributed by atoms with E-state index < -0.39 is 0 Å². The lowest BCUT2D eigenvalue weighted by Crippen LogP contribution is -2.30. The number of nitrogens with zero attached hydrogens (tertiary/aromatic N) is 2. The van der Waals surface area contributed by atoms with Crippen LogP contribution in [0.2, 0.25) is 0 Å². The Hall–Kier alpha value is -1.38. The first-order valence-electron chi connectivity index (χ1n) is 6.03. The van der Waals surface area contributed by atoms with Crippen LogP contribution >= 0.6 is 0 Å². The van der Waals surface area contributed by atoms with Crippen LogP contribution in [0.1, 0.15) is 44.3 Å². The van der Waals surface area contributed by atoms with Gasteiger partial charge < -0.3 is 4.90 Å². The van der Waals surface area contributed by atoms with E-state index in [0.717, 1.165) is 31.5 Å². The lowest BCUT2D eigenvalue weighted by molar-refractivity contribution is -0.132. The second-order valence-electron chi connectivity index (χ2n) is 4.25. The van der Waals surface area contributed by atoms with Gasteiger partial charge in [-0.2, -0.15) is 0 Å². The third kappa shape index (κ3) is 2.23. The van der Waals surface area contributed by atoms with Crippen molar-refractivity contribution in [3.63, 3.8) is 0 Å². The van der Waals surface area contributed by atoms with Gasteiger partial charge in [0, 0.05) is 19.2 Å². The molecule has 86 valence electrons. The van der Waals surface area contributed by atoms with Crippen molar-refractivity contribution >= 4 is 5.91 Å². The zero-order valence-corrected chi connectivity index (χ0v) is 9.72. The highest BCUT2D eigenvalue weighted by atomic mass is 16.2. The van der Waals surface area contributed by atoms with Crippen LogP contribution in [0.25, 0.3) is 0 Å². The number of amides is 1. The second-order valence-corrected chi connectivity index (χ2v) is 4.25. The fourth-order valence-electron chi connectivity index (χ4n) is 2.30. The zero-order valence-electron chi connectivity index (χ0n) is 9.72. The summed E-state index contributed by atoms with van der Waals surface area (Å²) in [5.74, 6) is 0.274. The SMILES string of the molecule is CCCC(=O)N1CCCC1c1ccccn1. The Morgan fingerprint density at radius 3 is 3.12 bits per heavy atom. The smallest absolute Gasteiger partial charge is 0.223 e. The van der Waals surface area contributed by atoms with Crippen LogP contribution in [-0.2, 0) is 4.79 Å². The van der Waals surface area contributed by atoms with Crippen LogP contribution in [0.3, 0.4) is 0 Å². The minimum absolute atomic E-state index is 0.209. The fourth-order valence-corrected chi connectivity index (χ4v) is 2.30. The van der Waals surface area contributed by atoms with Crippen molar-refractivity contribution in [2.75, 3.05) is 6.54 Å². The number of rotatable bonds is 3. The molecule has 16 heavy (non-hydrogen) atoms. The Kier molecular flexibility index (Phi) is 3.54.